The molecule has 5 heteroatoms. The highest BCUT2D eigenvalue weighted by atomic mass is 16.2. The van der Waals surface area contributed by atoms with Gasteiger partial charge in [0.1, 0.15) is 6.54 Å². The molecule has 0 aromatic carbocycles. The molecule has 3 N–H and O–H groups in total. The Hall–Kier alpha value is -1.78. The first-order chi connectivity index (χ1) is 9.84. The highest BCUT2D eigenvalue weighted by molar-refractivity contribution is 5.75. The predicted octanol–water partition coefficient (Wildman–Crippen LogP) is 2.15. The summed E-state index contributed by atoms with van der Waals surface area (Å²) in [7, 11) is 0. The van der Waals surface area contributed by atoms with Crippen molar-refractivity contribution >= 4 is 11.6 Å². The number of nitrogens with zero attached hydrogens (tertiary/aromatic N) is 1. The number of hydrogen-bond acceptors (Lipinski definition) is 3. The van der Waals surface area contributed by atoms with Crippen LogP contribution in [0.4, 0.5) is 5.69 Å². The smallest absolute Gasteiger partial charge is 0.251 e. The maximum atomic E-state index is 11.9. The highest BCUT2D eigenvalue weighted by Crippen LogP contribution is 2.22. The fourth-order valence-electron chi connectivity index (χ4n) is 2.16. The first-order valence-corrected chi connectivity index (χ1v) is 7.57. The van der Waals surface area contributed by atoms with Gasteiger partial charge >= 0.3 is 0 Å². The minimum atomic E-state index is -0.221. The molecule has 1 amide bonds. The third-order valence-corrected chi connectivity index (χ3v) is 3.54. The van der Waals surface area contributed by atoms with E-state index in [2.05, 4.69) is 26.1 Å². The Morgan fingerprint density at radius 1 is 1.33 bits per heavy atom. The molecule has 0 bridgehead atoms. The standard InChI is InChI=1S/C16H27N3O2/c1-4-5-6-9-16(2,3)12-18-14(20)11-19-10-13(17)7-8-15(19)21/h7-8,10H,4-6,9,11-12,17H2,1-3H3,(H,18,20). The van der Waals surface area contributed by atoms with Gasteiger partial charge in [-0.2, -0.15) is 0 Å². The number of anilines is 1. The van der Waals surface area contributed by atoms with Crippen LogP contribution < -0.4 is 16.6 Å². The summed E-state index contributed by atoms with van der Waals surface area (Å²) in [6.45, 7) is 7.10. The summed E-state index contributed by atoms with van der Waals surface area (Å²) in [5.41, 5.74) is 5.95. The molecule has 1 rings (SSSR count). The third kappa shape index (κ3) is 6.47. The van der Waals surface area contributed by atoms with E-state index in [0.717, 1.165) is 6.42 Å². The second-order valence-electron chi connectivity index (χ2n) is 6.33. The number of nitrogen functional groups attached to an aromatic ring is 1. The van der Waals surface area contributed by atoms with Gasteiger partial charge in [0.2, 0.25) is 5.91 Å². The number of carbonyl (C=O) groups excluding carboxylic acids is 1. The van der Waals surface area contributed by atoms with Gasteiger partial charge in [-0.3, -0.25) is 9.59 Å². The first kappa shape index (κ1) is 17.3. The van der Waals surface area contributed by atoms with Gasteiger partial charge < -0.3 is 15.6 Å². The second-order valence-corrected chi connectivity index (χ2v) is 6.33. The minimum Gasteiger partial charge on any atom is -0.398 e. The minimum absolute atomic E-state index is 0.00884. The van der Waals surface area contributed by atoms with Gasteiger partial charge in [0.15, 0.2) is 0 Å². The Kier molecular flexibility index (Phi) is 6.46. The zero-order valence-corrected chi connectivity index (χ0v) is 13.3. The molecule has 5 nitrogen and oxygen atoms in total. The van der Waals surface area contributed by atoms with E-state index in [1.165, 1.54) is 42.2 Å². The summed E-state index contributed by atoms with van der Waals surface area (Å²) < 4.78 is 1.33. The van der Waals surface area contributed by atoms with Crippen molar-refractivity contribution in [1.29, 1.82) is 0 Å². The van der Waals surface area contributed by atoms with Crippen molar-refractivity contribution in [2.45, 2.75) is 53.0 Å². The molecule has 118 valence electrons. The van der Waals surface area contributed by atoms with Gasteiger partial charge in [-0.15, -0.1) is 0 Å². The van der Waals surface area contributed by atoms with E-state index < -0.39 is 0 Å². The number of hydrogen-bond donors (Lipinski definition) is 2. The predicted molar refractivity (Wildman–Crippen MR) is 86.0 cm³/mol. The molecule has 0 saturated carbocycles. The number of amides is 1. The summed E-state index contributed by atoms with van der Waals surface area (Å²) in [4.78, 5) is 23.6. The van der Waals surface area contributed by atoms with Crippen LogP contribution in [0.2, 0.25) is 0 Å². The summed E-state index contributed by atoms with van der Waals surface area (Å²) in [6, 6.07) is 2.91. The third-order valence-electron chi connectivity index (χ3n) is 3.54. The van der Waals surface area contributed by atoms with Gasteiger partial charge in [-0.1, -0.05) is 40.0 Å². The zero-order valence-electron chi connectivity index (χ0n) is 13.3. The lowest BCUT2D eigenvalue weighted by Crippen LogP contribution is -2.37. The topological polar surface area (TPSA) is 77.1 Å². The molecule has 1 heterocycles. The molecule has 0 saturated heterocycles. The Morgan fingerprint density at radius 3 is 2.71 bits per heavy atom. The SMILES string of the molecule is CCCCCC(C)(C)CNC(=O)Cn1cc(N)ccc1=O. The Morgan fingerprint density at radius 2 is 2.05 bits per heavy atom. The van der Waals surface area contributed by atoms with Gasteiger partial charge in [-0.05, 0) is 17.9 Å². The number of nitrogens with two attached hydrogens (primary N) is 1. The Bertz CT molecular complexity index is 520. The fraction of sp³-hybridized carbons (Fsp3) is 0.625. The van der Waals surface area contributed by atoms with Gasteiger partial charge in [0, 0.05) is 24.5 Å². The van der Waals surface area contributed by atoms with Crippen LogP contribution in [-0.2, 0) is 11.3 Å². The molecule has 0 spiro atoms. The van der Waals surface area contributed by atoms with Crippen LogP contribution in [0.1, 0.15) is 46.5 Å². The van der Waals surface area contributed by atoms with E-state index in [4.69, 9.17) is 5.73 Å². The molecule has 0 atom stereocenters. The van der Waals surface area contributed by atoms with Gasteiger partial charge in [-0.25, -0.2) is 0 Å². The second kappa shape index (κ2) is 7.86. The molecule has 21 heavy (non-hydrogen) atoms. The Labute approximate surface area is 126 Å². The molecular weight excluding hydrogens is 266 g/mol. The molecular formula is C16H27N3O2. The van der Waals surface area contributed by atoms with E-state index in [1.54, 1.807) is 0 Å². The maximum absolute atomic E-state index is 11.9. The van der Waals surface area contributed by atoms with E-state index >= 15 is 0 Å². The van der Waals surface area contributed by atoms with Crippen molar-refractivity contribution in [3.63, 3.8) is 0 Å². The van der Waals surface area contributed by atoms with Crippen LogP contribution in [0.3, 0.4) is 0 Å². The Balaban J connectivity index is 2.47. The van der Waals surface area contributed by atoms with Crippen molar-refractivity contribution in [1.82, 2.24) is 9.88 Å². The van der Waals surface area contributed by atoms with Gasteiger partial charge in [0.25, 0.3) is 5.56 Å². The van der Waals surface area contributed by atoms with Crippen molar-refractivity contribution in [2.75, 3.05) is 12.3 Å². The fourth-order valence-corrected chi connectivity index (χ4v) is 2.16. The number of nitrogens with one attached hydrogen (secondary N) is 1. The van der Waals surface area contributed by atoms with E-state index in [1.807, 2.05) is 0 Å². The van der Waals surface area contributed by atoms with Crippen LogP contribution in [-0.4, -0.2) is 17.0 Å². The van der Waals surface area contributed by atoms with Crippen LogP contribution in [0.15, 0.2) is 23.1 Å². The van der Waals surface area contributed by atoms with Crippen molar-refractivity contribution in [3.8, 4) is 0 Å². The van der Waals surface area contributed by atoms with E-state index in [9.17, 15) is 9.59 Å². The maximum Gasteiger partial charge on any atom is 0.251 e. The van der Waals surface area contributed by atoms with Crippen LogP contribution in [0.5, 0.6) is 0 Å². The molecule has 0 unspecified atom stereocenters. The van der Waals surface area contributed by atoms with Crippen molar-refractivity contribution < 1.29 is 4.79 Å². The van der Waals surface area contributed by atoms with E-state index in [-0.39, 0.29) is 23.4 Å². The van der Waals surface area contributed by atoms with Crippen molar-refractivity contribution in [3.05, 3.63) is 28.7 Å². The molecule has 0 radical (unpaired) electrons. The zero-order chi connectivity index (χ0) is 15.9. The molecule has 0 aliphatic rings. The lowest BCUT2D eigenvalue weighted by Gasteiger charge is -2.25. The highest BCUT2D eigenvalue weighted by Gasteiger charge is 2.18. The first-order valence-electron chi connectivity index (χ1n) is 7.57. The summed E-state index contributed by atoms with van der Waals surface area (Å²) in [5, 5.41) is 2.91. The lowest BCUT2D eigenvalue weighted by molar-refractivity contribution is -0.122. The number of carbonyl (C=O) groups is 1. The van der Waals surface area contributed by atoms with Gasteiger partial charge in [0.05, 0.1) is 0 Å². The molecule has 1 aromatic rings. The summed E-state index contributed by atoms with van der Waals surface area (Å²) in [6.07, 6.45) is 6.17. The normalized spacial score (nSPS) is 11.4. The lowest BCUT2D eigenvalue weighted by atomic mass is 9.87. The molecule has 1 aromatic heterocycles. The van der Waals surface area contributed by atoms with E-state index in [0.29, 0.717) is 12.2 Å². The quantitative estimate of drug-likeness (QED) is 0.721. The molecule has 0 fully saturated rings. The largest absolute Gasteiger partial charge is 0.398 e. The number of pyridine rings is 1. The average Bonchev–Trinajstić information content (AvgIpc) is 2.41. The number of aromatic nitrogens is 1. The van der Waals surface area contributed by atoms with Crippen LogP contribution >= 0.6 is 0 Å². The average molecular weight is 293 g/mol. The monoisotopic (exact) mass is 293 g/mol. The molecule has 0 aliphatic heterocycles. The van der Waals surface area contributed by atoms with Crippen molar-refractivity contribution in [2.24, 2.45) is 5.41 Å². The molecule has 0 aliphatic carbocycles. The number of rotatable bonds is 8. The number of unbranched alkanes of at least 4 members (excludes halogenated alkanes) is 2. The summed E-state index contributed by atoms with van der Waals surface area (Å²) in [5.74, 6) is -0.161. The van der Waals surface area contributed by atoms with Crippen LogP contribution in [0, 0.1) is 5.41 Å². The van der Waals surface area contributed by atoms with Crippen LogP contribution in [0.25, 0.3) is 0 Å². The summed E-state index contributed by atoms with van der Waals surface area (Å²) >= 11 is 0.